The molecule has 1 amide bonds. The number of carbonyl (C=O) groups is 1. The number of imidazole rings is 1. The van der Waals surface area contributed by atoms with Gasteiger partial charge in [0, 0.05) is 54.4 Å². The SMILES string of the molecule is CCN(CC)c1ccc(CNC(=O)c2ccc(SCc3cn4ccccc4n3)cc2)cn1. The molecule has 0 aliphatic heterocycles. The third kappa shape index (κ3) is 5.29. The molecule has 0 aliphatic carbocycles. The summed E-state index contributed by atoms with van der Waals surface area (Å²) in [6.45, 7) is 6.53. The highest BCUT2D eigenvalue weighted by Crippen LogP contribution is 2.23. The molecule has 0 aliphatic rings. The van der Waals surface area contributed by atoms with Crippen LogP contribution < -0.4 is 10.2 Å². The molecule has 3 heterocycles. The number of nitrogens with one attached hydrogen (secondary N) is 1. The number of anilines is 1. The van der Waals surface area contributed by atoms with Crippen LogP contribution in [0.25, 0.3) is 5.65 Å². The van der Waals surface area contributed by atoms with E-state index in [2.05, 4.69) is 34.0 Å². The van der Waals surface area contributed by atoms with Crippen molar-refractivity contribution in [2.45, 2.75) is 31.0 Å². The molecule has 0 radical (unpaired) electrons. The zero-order chi connectivity index (χ0) is 22.3. The van der Waals surface area contributed by atoms with Crippen molar-refractivity contribution in [3.8, 4) is 0 Å². The first-order chi connectivity index (χ1) is 15.7. The minimum atomic E-state index is -0.0882. The van der Waals surface area contributed by atoms with Gasteiger partial charge in [-0.05, 0) is 61.9 Å². The van der Waals surface area contributed by atoms with Crippen LogP contribution in [0.3, 0.4) is 0 Å². The lowest BCUT2D eigenvalue weighted by molar-refractivity contribution is 0.0951. The first-order valence-corrected chi connectivity index (χ1v) is 11.8. The summed E-state index contributed by atoms with van der Waals surface area (Å²) in [5.41, 5.74) is 3.61. The molecule has 4 aromatic rings. The van der Waals surface area contributed by atoms with Crippen LogP contribution in [-0.4, -0.2) is 33.4 Å². The zero-order valence-electron chi connectivity index (χ0n) is 18.4. The van der Waals surface area contributed by atoms with Gasteiger partial charge in [-0.25, -0.2) is 9.97 Å². The lowest BCUT2D eigenvalue weighted by Crippen LogP contribution is -2.24. The molecule has 0 unspecified atom stereocenters. The topological polar surface area (TPSA) is 62.5 Å². The Kier molecular flexibility index (Phi) is 7.07. The molecule has 0 fully saturated rings. The van der Waals surface area contributed by atoms with Crippen LogP contribution in [0.2, 0.25) is 0 Å². The molecule has 7 heteroatoms. The average molecular weight is 446 g/mol. The minimum absolute atomic E-state index is 0.0882. The van der Waals surface area contributed by atoms with E-state index >= 15 is 0 Å². The van der Waals surface area contributed by atoms with Gasteiger partial charge >= 0.3 is 0 Å². The quantitative estimate of drug-likeness (QED) is 0.375. The van der Waals surface area contributed by atoms with E-state index in [1.54, 1.807) is 11.8 Å². The fourth-order valence-corrected chi connectivity index (χ4v) is 4.24. The molecular formula is C25H27N5OS. The number of hydrogen-bond donors (Lipinski definition) is 1. The van der Waals surface area contributed by atoms with Crippen molar-refractivity contribution in [1.29, 1.82) is 0 Å². The molecule has 6 nitrogen and oxygen atoms in total. The first kappa shape index (κ1) is 21.9. The molecule has 1 aromatic carbocycles. The number of thioether (sulfide) groups is 1. The number of pyridine rings is 2. The number of hydrogen-bond acceptors (Lipinski definition) is 5. The predicted octanol–water partition coefficient (Wildman–Crippen LogP) is 4.80. The van der Waals surface area contributed by atoms with Crippen LogP contribution >= 0.6 is 11.8 Å². The maximum atomic E-state index is 12.5. The molecule has 0 bridgehead atoms. The van der Waals surface area contributed by atoms with E-state index in [4.69, 9.17) is 0 Å². The van der Waals surface area contributed by atoms with Crippen molar-refractivity contribution >= 4 is 29.1 Å². The molecular weight excluding hydrogens is 418 g/mol. The van der Waals surface area contributed by atoms with Crippen molar-refractivity contribution in [3.63, 3.8) is 0 Å². The van der Waals surface area contributed by atoms with Gasteiger partial charge in [0.1, 0.15) is 11.5 Å². The highest BCUT2D eigenvalue weighted by molar-refractivity contribution is 7.98. The van der Waals surface area contributed by atoms with Crippen LogP contribution in [-0.2, 0) is 12.3 Å². The van der Waals surface area contributed by atoms with Gasteiger partial charge in [0.15, 0.2) is 0 Å². The van der Waals surface area contributed by atoms with Gasteiger partial charge in [0.2, 0.25) is 0 Å². The van der Waals surface area contributed by atoms with E-state index in [9.17, 15) is 4.79 Å². The average Bonchev–Trinajstić information content (AvgIpc) is 3.26. The second-order valence-corrected chi connectivity index (χ2v) is 8.44. The number of amides is 1. The summed E-state index contributed by atoms with van der Waals surface area (Å²) in [4.78, 5) is 24.9. The number of aromatic nitrogens is 3. The Morgan fingerprint density at radius 2 is 1.88 bits per heavy atom. The summed E-state index contributed by atoms with van der Waals surface area (Å²) in [6, 6.07) is 17.7. The van der Waals surface area contributed by atoms with E-state index in [1.165, 1.54) is 0 Å². The Labute approximate surface area is 192 Å². The lowest BCUT2D eigenvalue weighted by Gasteiger charge is -2.19. The fourth-order valence-electron chi connectivity index (χ4n) is 3.46. The fraction of sp³-hybridized carbons (Fsp3) is 0.240. The second-order valence-electron chi connectivity index (χ2n) is 7.39. The summed E-state index contributed by atoms with van der Waals surface area (Å²) < 4.78 is 2.02. The Bertz CT molecular complexity index is 1130. The Hall–Kier alpha value is -3.32. The minimum Gasteiger partial charge on any atom is -0.357 e. The molecule has 3 aromatic heterocycles. The number of rotatable bonds is 9. The molecule has 0 saturated carbocycles. The highest BCUT2D eigenvalue weighted by Gasteiger charge is 2.08. The van der Waals surface area contributed by atoms with Crippen molar-refractivity contribution < 1.29 is 4.79 Å². The van der Waals surface area contributed by atoms with E-state index in [0.717, 1.165) is 46.5 Å². The lowest BCUT2D eigenvalue weighted by atomic mass is 10.2. The largest absolute Gasteiger partial charge is 0.357 e. The molecule has 0 atom stereocenters. The van der Waals surface area contributed by atoms with Crippen molar-refractivity contribution in [1.82, 2.24) is 19.7 Å². The maximum Gasteiger partial charge on any atom is 0.251 e. The summed E-state index contributed by atoms with van der Waals surface area (Å²) in [6.07, 6.45) is 5.87. The van der Waals surface area contributed by atoms with Gasteiger partial charge in [-0.15, -0.1) is 11.8 Å². The smallest absolute Gasteiger partial charge is 0.251 e. The van der Waals surface area contributed by atoms with Crippen molar-refractivity contribution in [2.24, 2.45) is 0 Å². The molecule has 1 N–H and O–H groups in total. The summed E-state index contributed by atoms with van der Waals surface area (Å²) in [7, 11) is 0. The van der Waals surface area contributed by atoms with Crippen LogP contribution in [0.5, 0.6) is 0 Å². The molecule has 164 valence electrons. The summed E-state index contributed by atoms with van der Waals surface area (Å²) in [5.74, 6) is 1.65. The van der Waals surface area contributed by atoms with Crippen LogP contribution in [0.4, 0.5) is 5.82 Å². The third-order valence-corrected chi connectivity index (χ3v) is 6.31. The monoisotopic (exact) mass is 445 g/mol. The van der Waals surface area contributed by atoms with Gasteiger partial charge in [-0.3, -0.25) is 4.79 Å². The number of fused-ring (bicyclic) bond motifs is 1. The Morgan fingerprint density at radius 3 is 2.56 bits per heavy atom. The summed E-state index contributed by atoms with van der Waals surface area (Å²) in [5, 5.41) is 2.97. The number of benzene rings is 1. The Morgan fingerprint density at radius 1 is 1.06 bits per heavy atom. The summed E-state index contributed by atoms with van der Waals surface area (Å²) >= 11 is 1.71. The van der Waals surface area contributed by atoms with Gasteiger partial charge < -0.3 is 14.6 Å². The van der Waals surface area contributed by atoms with E-state index in [1.807, 2.05) is 77.6 Å². The van der Waals surface area contributed by atoms with Crippen LogP contribution in [0, 0.1) is 0 Å². The van der Waals surface area contributed by atoms with E-state index in [0.29, 0.717) is 12.1 Å². The van der Waals surface area contributed by atoms with Gasteiger partial charge in [0.05, 0.1) is 5.69 Å². The molecule has 4 rings (SSSR count). The van der Waals surface area contributed by atoms with Gasteiger partial charge in [0.25, 0.3) is 5.91 Å². The van der Waals surface area contributed by atoms with Crippen molar-refractivity contribution in [2.75, 3.05) is 18.0 Å². The van der Waals surface area contributed by atoms with Crippen LogP contribution in [0.1, 0.15) is 35.5 Å². The third-order valence-electron chi connectivity index (χ3n) is 5.27. The maximum absolute atomic E-state index is 12.5. The standard InChI is InChI=1S/C25H27N5OS/c1-3-29(4-2)23-13-8-19(15-26-23)16-27-25(31)20-9-11-22(12-10-20)32-18-21-17-30-14-6-5-7-24(30)28-21/h5-15,17H,3-4,16,18H2,1-2H3,(H,27,31). The van der Waals surface area contributed by atoms with E-state index in [-0.39, 0.29) is 5.91 Å². The highest BCUT2D eigenvalue weighted by atomic mass is 32.2. The Balaban J connectivity index is 1.29. The number of nitrogens with zero attached hydrogens (tertiary/aromatic N) is 4. The molecule has 32 heavy (non-hydrogen) atoms. The first-order valence-electron chi connectivity index (χ1n) is 10.8. The predicted molar refractivity (Wildman–Crippen MR) is 130 cm³/mol. The molecule has 0 spiro atoms. The normalized spacial score (nSPS) is 10.9. The second kappa shape index (κ2) is 10.3. The van der Waals surface area contributed by atoms with Crippen molar-refractivity contribution in [3.05, 3.63) is 90.0 Å². The zero-order valence-corrected chi connectivity index (χ0v) is 19.2. The number of carbonyl (C=O) groups excluding carboxylic acids is 1. The van der Waals surface area contributed by atoms with Gasteiger partial charge in [-0.1, -0.05) is 12.1 Å². The van der Waals surface area contributed by atoms with E-state index < -0.39 is 0 Å². The van der Waals surface area contributed by atoms with Gasteiger partial charge in [-0.2, -0.15) is 0 Å². The van der Waals surface area contributed by atoms with Crippen LogP contribution in [0.15, 0.2) is 78.1 Å². The molecule has 0 saturated heterocycles.